The Morgan fingerprint density at radius 2 is 1.48 bits per heavy atom. The first-order chi connectivity index (χ1) is 11.2. The van der Waals surface area contributed by atoms with Crippen LogP contribution in [-0.2, 0) is 22.4 Å². The van der Waals surface area contributed by atoms with E-state index in [0.29, 0.717) is 0 Å². The molecule has 3 nitrogen and oxygen atoms in total. The molecule has 4 rings (SSSR count). The number of aryl methyl sites for hydroxylation is 2. The zero-order valence-corrected chi connectivity index (χ0v) is 12.7. The maximum atomic E-state index is 12.4. The number of fused-ring (bicyclic) bond motifs is 2. The van der Waals surface area contributed by atoms with Gasteiger partial charge in [0.2, 0.25) is 0 Å². The Balaban J connectivity index is 1.90. The molecule has 0 saturated carbocycles. The minimum absolute atomic E-state index is 0.0909. The van der Waals surface area contributed by atoms with Crippen molar-refractivity contribution in [3.05, 3.63) is 82.9 Å². The summed E-state index contributed by atoms with van der Waals surface area (Å²) in [4.78, 5) is 12.4. The van der Waals surface area contributed by atoms with Gasteiger partial charge in [-0.1, -0.05) is 48.5 Å². The fraction of sp³-hybridized carbons (Fsp3) is 0.250. The van der Waals surface area contributed by atoms with Gasteiger partial charge in [0.25, 0.3) is 0 Å². The molecule has 0 amide bonds. The van der Waals surface area contributed by atoms with Crippen LogP contribution in [0, 0.1) is 0 Å². The number of carbonyl (C=O) groups excluding carboxylic acids is 1. The van der Waals surface area contributed by atoms with Crippen LogP contribution in [0.2, 0.25) is 0 Å². The summed E-state index contributed by atoms with van der Waals surface area (Å²) in [6, 6.07) is 16.4. The molecule has 116 valence electrons. The van der Waals surface area contributed by atoms with Crippen molar-refractivity contribution in [2.24, 2.45) is 0 Å². The van der Waals surface area contributed by atoms with Crippen molar-refractivity contribution in [3.63, 3.8) is 0 Å². The van der Waals surface area contributed by atoms with Crippen LogP contribution in [0.3, 0.4) is 0 Å². The molecule has 3 heteroatoms. The average Bonchev–Trinajstić information content (AvgIpc) is 2.74. The molecule has 2 aromatic carbocycles. The number of aliphatic hydroxyl groups is 1. The summed E-state index contributed by atoms with van der Waals surface area (Å²) >= 11 is 0. The molecule has 0 aromatic heterocycles. The summed E-state index contributed by atoms with van der Waals surface area (Å²) in [5.74, 6) is -0.274. The van der Waals surface area contributed by atoms with Crippen LogP contribution >= 0.6 is 0 Å². The Morgan fingerprint density at radius 1 is 0.913 bits per heavy atom. The summed E-state index contributed by atoms with van der Waals surface area (Å²) in [7, 11) is 0. The topological polar surface area (TPSA) is 46.5 Å². The Bertz CT molecular complexity index is 730. The fourth-order valence-electron chi connectivity index (χ4n) is 3.67. The van der Waals surface area contributed by atoms with Gasteiger partial charge in [-0.2, -0.15) is 0 Å². The average molecular weight is 306 g/mol. The summed E-state index contributed by atoms with van der Waals surface area (Å²) in [6.45, 7) is 0. The lowest BCUT2D eigenvalue weighted by molar-refractivity contribution is -0.149. The Labute approximate surface area is 135 Å². The highest BCUT2D eigenvalue weighted by Gasteiger charge is 2.37. The van der Waals surface area contributed by atoms with Gasteiger partial charge in [0.05, 0.1) is 0 Å². The Hall–Kier alpha value is -2.23. The van der Waals surface area contributed by atoms with E-state index in [1.54, 1.807) is 0 Å². The quantitative estimate of drug-likeness (QED) is 0.881. The van der Waals surface area contributed by atoms with Gasteiger partial charge in [-0.25, -0.2) is 0 Å². The van der Waals surface area contributed by atoms with E-state index in [9.17, 15) is 9.90 Å². The molecule has 0 fully saturated rings. The number of carbonyl (C=O) groups is 1. The van der Waals surface area contributed by atoms with Crippen molar-refractivity contribution >= 4 is 5.78 Å². The lowest BCUT2D eigenvalue weighted by Gasteiger charge is -2.30. The van der Waals surface area contributed by atoms with E-state index in [1.807, 2.05) is 24.3 Å². The lowest BCUT2D eigenvalue weighted by Crippen LogP contribution is -2.37. The molecule has 1 aliphatic carbocycles. The molecule has 1 heterocycles. The van der Waals surface area contributed by atoms with E-state index < -0.39 is 12.4 Å². The molecule has 2 aliphatic rings. The normalized spacial score (nSPS) is 24.0. The first-order valence-electron chi connectivity index (χ1n) is 7.95. The minimum atomic E-state index is -1.03. The first-order valence-corrected chi connectivity index (χ1v) is 7.95. The van der Waals surface area contributed by atoms with Crippen LogP contribution in [0.15, 0.2) is 60.7 Å². The third kappa shape index (κ3) is 2.52. The summed E-state index contributed by atoms with van der Waals surface area (Å²) in [5.41, 5.74) is 4.74. The number of hydrogen-bond acceptors (Lipinski definition) is 3. The summed E-state index contributed by atoms with van der Waals surface area (Å²) < 4.78 is 5.63. The largest absolute Gasteiger partial charge is 0.365 e. The highest BCUT2D eigenvalue weighted by atomic mass is 16.6. The Kier molecular flexibility index (Phi) is 3.60. The lowest BCUT2D eigenvalue weighted by atomic mass is 9.82. The monoisotopic (exact) mass is 306 g/mol. The van der Waals surface area contributed by atoms with Crippen molar-refractivity contribution in [2.75, 3.05) is 0 Å². The highest BCUT2D eigenvalue weighted by molar-refractivity contribution is 5.95. The standard InChI is InChI=1S/C20H18O3/c21-17-11-12-18(22)23-20(17)19-15-7-3-1-5-13(15)9-10-14-6-2-4-8-16(14)19/h1-8,11-12,18-20,22H,9-10H2. The van der Waals surface area contributed by atoms with Crippen molar-refractivity contribution in [3.8, 4) is 0 Å². The van der Waals surface area contributed by atoms with Gasteiger partial charge in [0.15, 0.2) is 12.1 Å². The molecule has 0 radical (unpaired) electrons. The SMILES string of the molecule is O=C1C=CC(O)OC1C1c2ccccc2CCc2ccccc21. The second-order valence-electron chi connectivity index (χ2n) is 6.08. The number of aliphatic hydroxyl groups excluding tert-OH is 1. The van der Waals surface area contributed by atoms with Crippen LogP contribution in [0.5, 0.6) is 0 Å². The molecule has 1 aliphatic heterocycles. The van der Waals surface area contributed by atoms with Crippen LogP contribution in [0.4, 0.5) is 0 Å². The van der Waals surface area contributed by atoms with Gasteiger partial charge >= 0.3 is 0 Å². The molecule has 23 heavy (non-hydrogen) atoms. The predicted octanol–water partition coefficient (Wildman–Crippen LogP) is 2.76. The Morgan fingerprint density at radius 3 is 2.09 bits per heavy atom. The van der Waals surface area contributed by atoms with E-state index in [1.165, 1.54) is 23.3 Å². The van der Waals surface area contributed by atoms with Crippen molar-refractivity contribution in [1.82, 2.24) is 0 Å². The van der Waals surface area contributed by atoms with E-state index in [0.717, 1.165) is 24.0 Å². The fourth-order valence-corrected chi connectivity index (χ4v) is 3.67. The van der Waals surface area contributed by atoms with E-state index in [4.69, 9.17) is 4.74 Å². The smallest absolute Gasteiger partial charge is 0.185 e. The number of ketones is 1. The second kappa shape index (κ2) is 5.76. The van der Waals surface area contributed by atoms with Crippen LogP contribution in [-0.4, -0.2) is 23.3 Å². The molecule has 2 aromatic rings. The zero-order chi connectivity index (χ0) is 15.8. The number of benzene rings is 2. The molecule has 2 atom stereocenters. The number of ether oxygens (including phenoxy) is 1. The van der Waals surface area contributed by atoms with Crippen LogP contribution < -0.4 is 0 Å². The van der Waals surface area contributed by atoms with Crippen LogP contribution in [0.1, 0.15) is 28.2 Å². The van der Waals surface area contributed by atoms with Crippen molar-refractivity contribution in [2.45, 2.75) is 31.2 Å². The molecule has 0 bridgehead atoms. The summed E-state index contributed by atoms with van der Waals surface area (Å²) in [5, 5.41) is 9.83. The van der Waals surface area contributed by atoms with Gasteiger partial charge in [-0.05, 0) is 47.2 Å². The molecular weight excluding hydrogens is 288 g/mol. The first kappa shape index (κ1) is 14.4. The van der Waals surface area contributed by atoms with Crippen molar-refractivity contribution in [1.29, 1.82) is 0 Å². The zero-order valence-electron chi connectivity index (χ0n) is 12.7. The van der Waals surface area contributed by atoms with E-state index in [-0.39, 0.29) is 11.7 Å². The molecule has 2 unspecified atom stereocenters. The number of hydrogen-bond donors (Lipinski definition) is 1. The molecule has 0 spiro atoms. The number of rotatable bonds is 1. The van der Waals surface area contributed by atoms with E-state index >= 15 is 0 Å². The van der Waals surface area contributed by atoms with E-state index in [2.05, 4.69) is 24.3 Å². The third-order valence-electron chi connectivity index (χ3n) is 4.74. The third-order valence-corrected chi connectivity index (χ3v) is 4.74. The second-order valence-corrected chi connectivity index (χ2v) is 6.08. The van der Waals surface area contributed by atoms with Gasteiger partial charge in [0.1, 0.15) is 6.10 Å². The van der Waals surface area contributed by atoms with Crippen LogP contribution in [0.25, 0.3) is 0 Å². The minimum Gasteiger partial charge on any atom is -0.365 e. The van der Waals surface area contributed by atoms with Gasteiger partial charge in [-0.15, -0.1) is 0 Å². The maximum Gasteiger partial charge on any atom is 0.185 e. The summed E-state index contributed by atoms with van der Waals surface area (Å²) in [6.07, 6.45) is 3.02. The van der Waals surface area contributed by atoms with Crippen molar-refractivity contribution < 1.29 is 14.6 Å². The van der Waals surface area contributed by atoms with Gasteiger partial charge < -0.3 is 9.84 Å². The van der Waals surface area contributed by atoms with Gasteiger partial charge in [0, 0.05) is 5.92 Å². The highest BCUT2D eigenvalue weighted by Crippen LogP contribution is 2.39. The maximum absolute atomic E-state index is 12.4. The molecular formula is C20H18O3. The predicted molar refractivity (Wildman–Crippen MR) is 87.2 cm³/mol. The molecule has 0 saturated heterocycles. The van der Waals surface area contributed by atoms with Gasteiger partial charge in [-0.3, -0.25) is 4.79 Å². The molecule has 1 N–H and O–H groups in total.